The van der Waals surface area contributed by atoms with Crippen LogP contribution in [0.25, 0.3) is 0 Å². The Morgan fingerprint density at radius 1 is 1.29 bits per heavy atom. The topological polar surface area (TPSA) is 95.4 Å². The van der Waals surface area contributed by atoms with Crippen molar-refractivity contribution in [2.75, 3.05) is 6.54 Å². The van der Waals surface area contributed by atoms with Gasteiger partial charge in [0, 0.05) is 6.54 Å². The van der Waals surface area contributed by atoms with Gasteiger partial charge >= 0.3 is 5.97 Å². The Hall–Kier alpha value is -1.88. The van der Waals surface area contributed by atoms with Gasteiger partial charge < -0.3 is 16.2 Å². The molecule has 0 saturated heterocycles. The molecule has 1 unspecified atom stereocenters. The summed E-state index contributed by atoms with van der Waals surface area (Å²) < 4.78 is 5.03. The van der Waals surface area contributed by atoms with Crippen LogP contribution in [0.2, 0.25) is 0 Å². The molecule has 17 heavy (non-hydrogen) atoms. The molecule has 1 atom stereocenters. The van der Waals surface area contributed by atoms with E-state index in [0.29, 0.717) is 0 Å². The predicted molar refractivity (Wildman–Crippen MR) is 62.6 cm³/mol. The fourth-order valence-corrected chi connectivity index (χ4v) is 1.17. The van der Waals surface area contributed by atoms with Crippen LogP contribution in [-0.4, -0.2) is 18.4 Å². The zero-order chi connectivity index (χ0) is 12.9. The summed E-state index contributed by atoms with van der Waals surface area (Å²) in [5, 5.41) is 0. The van der Waals surface area contributed by atoms with Crippen LogP contribution in [0.5, 0.6) is 0 Å². The number of carbonyl (C=O) groups is 2. The van der Waals surface area contributed by atoms with Crippen molar-refractivity contribution >= 4 is 11.9 Å². The van der Waals surface area contributed by atoms with E-state index in [2.05, 4.69) is 0 Å². The normalized spacial score (nSPS) is 13.8. The molecule has 0 bridgehead atoms. The van der Waals surface area contributed by atoms with Crippen molar-refractivity contribution in [2.45, 2.75) is 13.5 Å². The highest BCUT2D eigenvalue weighted by atomic mass is 16.5. The third-order valence-corrected chi connectivity index (χ3v) is 2.62. The molecule has 1 rings (SSSR count). The molecule has 0 spiro atoms. The average molecular weight is 236 g/mol. The standard InChI is InChI=1S/C12H16N2O3/c1-12(8-13,10(14)15)11(16)17-7-9-5-3-2-4-6-9/h2-6H,7-8,13H2,1H3,(H2,14,15). The molecule has 1 aromatic rings. The SMILES string of the molecule is CC(CN)(C(N)=O)C(=O)OCc1ccccc1. The number of carbonyl (C=O) groups excluding carboxylic acids is 2. The highest BCUT2D eigenvalue weighted by Crippen LogP contribution is 2.17. The lowest BCUT2D eigenvalue weighted by atomic mass is 9.90. The van der Waals surface area contributed by atoms with E-state index in [1.807, 2.05) is 30.3 Å². The number of primary amides is 1. The second-order valence-electron chi connectivity index (χ2n) is 3.96. The molecular weight excluding hydrogens is 220 g/mol. The zero-order valence-corrected chi connectivity index (χ0v) is 9.68. The van der Waals surface area contributed by atoms with Gasteiger partial charge in [0.15, 0.2) is 5.41 Å². The largest absolute Gasteiger partial charge is 0.460 e. The summed E-state index contributed by atoms with van der Waals surface area (Å²) in [7, 11) is 0. The highest BCUT2D eigenvalue weighted by molar-refractivity contribution is 6.01. The first-order chi connectivity index (χ1) is 8.00. The van der Waals surface area contributed by atoms with E-state index in [0.717, 1.165) is 5.56 Å². The number of esters is 1. The van der Waals surface area contributed by atoms with Crippen LogP contribution in [0.15, 0.2) is 30.3 Å². The van der Waals surface area contributed by atoms with Crippen LogP contribution in [-0.2, 0) is 20.9 Å². The smallest absolute Gasteiger partial charge is 0.323 e. The highest BCUT2D eigenvalue weighted by Gasteiger charge is 2.39. The van der Waals surface area contributed by atoms with Gasteiger partial charge in [-0.3, -0.25) is 9.59 Å². The summed E-state index contributed by atoms with van der Waals surface area (Å²) >= 11 is 0. The first kappa shape index (κ1) is 13.2. The minimum absolute atomic E-state index is 0.0997. The third-order valence-electron chi connectivity index (χ3n) is 2.62. The van der Waals surface area contributed by atoms with Crippen molar-refractivity contribution in [3.05, 3.63) is 35.9 Å². The molecule has 0 saturated carbocycles. The number of rotatable bonds is 5. The van der Waals surface area contributed by atoms with Gasteiger partial charge in [-0.05, 0) is 12.5 Å². The van der Waals surface area contributed by atoms with E-state index < -0.39 is 17.3 Å². The Morgan fingerprint density at radius 3 is 2.35 bits per heavy atom. The van der Waals surface area contributed by atoms with Gasteiger partial charge in [-0.1, -0.05) is 30.3 Å². The molecule has 0 aromatic heterocycles. The van der Waals surface area contributed by atoms with Crippen molar-refractivity contribution in [2.24, 2.45) is 16.9 Å². The number of hydrogen-bond acceptors (Lipinski definition) is 4. The number of nitrogens with two attached hydrogens (primary N) is 2. The van der Waals surface area contributed by atoms with E-state index >= 15 is 0 Å². The average Bonchev–Trinajstić information content (AvgIpc) is 2.35. The number of benzene rings is 1. The Kier molecular flexibility index (Phi) is 4.23. The number of amides is 1. The van der Waals surface area contributed by atoms with Gasteiger partial charge in [0.1, 0.15) is 6.61 Å². The van der Waals surface area contributed by atoms with Gasteiger partial charge in [-0.15, -0.1) is 0 Å². The minimum Gasteiger partial charge on any atom is -0.460 e. The van der Waals surface area contributed by atoms with Crippen LogP contribution in [0.4, 0.5) is 0 Å². The molecule has 5 heteroatoms. The van der Waals surface area contributed by atoms with Crippen LogP contribution in [0, 0.1) is 5.41 Å². The minimum atomic E-state index is -1.46. The Balaban J connectivity index is 2.64. The van der Waals surface area contributed by atoms with Crippen LogP contribution in [0.3, 0.4) is 0 Å². The first-order valence-corrected chi connectivity index (χ1v) is 5.22. The molecule has 92 valence electrons. The first-order valence-electron chi connectivity index (χ1n) is 5.22. The van der Waals surface area contributed by atoms with Gasteiger partial charge in [0.05, 0.1) is 0 Å². The molecule has 0 aliphatic heterocycles. The maximum atomic E-state index is 11.7. The summed E-state index contributed by atoms with van der Waals surface area (Å²) in [5.74, 6) is -1.48. The fourth-order valence-electron chi connectivity index (χ4n) is 1.17. The van der Waals surface area contributed by atoms with Crippen molar-refractivity contribution in [3.8, 4) is 0 Å². The third kappa shape index (κ3) is 3.04. The lowest BCUT2D eigenvalue weighted by Gasteiger charge is -2.21. The summed E-state index contributed by atoms with van der Waals surface area (Å²) in [6, 6.07) is 9.16. The second kappa shape index (κ2) is 5.45. The second-order valence-corrected chi connectivity index (χ2v) is 3.96. The number of hydrogen-bond donors (Lipinski definition) is 2. The molecule has 1 amide bonds. The lowest BCUT2D eigenvalue weighted by Crippen LogP contribution is -2.47. The Morgan fingerprint density at radius 2 is 1.88 bits per heavy atom. The molecule has 0 aliphatic carbocycles. The molecule has 0 fully saturated rings. The quantitative estimate of drug-likeness (QED) is 0.563. The van der Waals surface area contributed by atoms with Gasteiger partial charge in [-0.2, -0.15) is 0 Å². The fraction of sp³-hybridized carbons (Fsp3) is 0.333. The Labute approximate surface area is 99.7 Å². The predicted octanol–water partition coefficient (Wildman–Crippen LogP) is 0.180. The van der Waals surface area contributed by atoms with Crippen molar-refractivity contribution in [3.63, 3.8) is 0 Å². The van der Waals surface area contributed by atoms with Crippen LogP contribution < -0.4 is 11.5 Å². The van der Waals surface area contributed by atoms with E-state index in [9.17, 15) is 9.59 Å². The number of ether oxygens (including phenoxy) is 1. The monoisotopic (exact) mass is 236 g/mol. The van der Waals surface area contributed by atoms with Gasteiger partial charge in [0.2, 0.25) is 5.91 Å². The Bertz CT molecular complexity index is 405. The van der Waals surface area contributed by atoms with Crippen molar-refractivity contribution in [1.29, 1.82) is 0 Å². The summed E-state index contributed by atoms with van der Waals surface area (Å²) in [4.78, 5) is 22.9. The summed E-state index contributed by atoms with van der Waals surface area (Å²) in [6.45, 7) is 1.31. The van der Waals surface area contributed by atoms with E-state index in [1.165, 1.54) is 6.92 Å². The summed E-state index contributed by atoms with van der Waals surface area (Å²) in [5.41, 5.74) is 9.88. The molecule has 4 N–H and O–H groups in total. The maximum absolute atomic E-state index is 11.7. The van der Waals surface area contributed by atoms with Crippen LogP contribution in [0.1, 0.15) is 12.5 Å². The molecule has 5 nitrogen and oxygen atoms in total. The van der Waals surface area contributed by atoms with E-state index in [4.69, 9.17) is 16.2 Å². The van der Waals surface area contributed by atoms with Crippen molar-refractivity contribution in [1.82, 2.24) is 0 Å². The van der Waals surface area contributed by atoms with Gasteiger partial charge in [0.25, 0.3) is 0 Å². The molecule has 0 radical (unpaired) electrons. The zero-order valence-electron chi connectivity index (χ0n) is 9.68. The molecule has 0 aliphatic rings. The van der Waals surface area contributed by atoms with Crippen molar-refractivity contribution < 1.29 is 14.3 Å². The van der Waals surface area contributed by atoms with Gasteiger partial charge in [-0.25, -0.2) is 0 Å². The van der Waals surface area contributed by atoms with Crippen LogP contribution >= 0.6 is 0 Å². The molecular formula is C12H16N2O3. The maximum Gasteiger partial charge on any atom is 0.323 e. The lowest BCUT2D eigenvalue weighted by molar-refractivity contribution is -0.159. The molecule has 0 heterocycles. The molecule has 1 aromatic carbocycles. The van der Waals surface area contributed by atoms with E-state index in [-0.39, 0.29) is 13.2 Å². The van der Waals surface area contributed by atoms with E-state index in [1.54, 1.807) is 0 Å². The summed E-state index contributed by atoms with van der Waals surface area (Å²) in [6.07, 6.45) is 0.